The lowest BCUT2D eigenvalue weighted by Gasteiger charge is -2.45. The van der Waals surface area contributed by atoms with Crippen molar-refractivity contribution in [2.24, 2.45) is 11.8 Å². The lowest BCUT2D eigenvalue weighted by atomic mass is 9.73. The van der Waals surface area contributed by atoms with Gasteiger partial charge >= 0.3 is 0 Å². The molecule has 1 N–H and O–H groups in total. The number of hydrogen-bond donors (Lipinski definition) is 1. The van der Waals surface area contributed by atoms with Gasteiger partial charge in [0.25, 0.3) is 0 Å². The van der Waals surface area contributed by atoms with E-state index in [0.717, 1.165) is 11.8 Å². The molecule has 2 atom stereocenters. The lowest BCUT2D eigenvalue weighted by Crippen LogP contribution is -2.53. The monoisotopic (exact) mass is 241 g/mol. The van der Waals surface area contributed by atoms with Crippen LogP contribution in [-0.4, -0.2) is 23.6 Å². The molecular weight excluding hydrogens is 214 g/mol. The Morgan fingerprint density at radius 2 is 2.19 bits per heavy atom. The van der Waals surface area contributed by atoms with Crippen LogP contribution >= 0.6 is 11.8 Å². The molecular formula is C14H27NS. The average Bonchev–Trinajstić information content (AvgIpc) is 2.31. The smallest absolute Gasteiger partial charge is 0.0207 e. The molecule has 0 aromatic rings. The van der Waals surface area contributed by atoms with Crippen LogP contribution in [0.15, 0.2) is 0 Å². The zero-order chi connectivity index (χ0) is 11.4. The van der Waals surface area contributed by atoms with E-state index in [4.69, 9.17) is 0 Å². The van der Waals surface area contributed by atoms with Gasteiger partial charge in [0.2, 0.25) is 0 Å². The summed E-state index contributed by atoms with van der Waals surface area (Å²) in [5, 5.41) is 3.87. The normalized spacial score (nSPS) is 36.6. The minimum absolute atomic E-state index is 0.473. The number of rotatable bonds is 3. The van der Waals surface area contributed by atoms with E-state index in [9.17, 15) is 0 Å². The van der Waals surface area contributed by atoms with E-state index in [-0.39, 0.29) is 0 Å². The number of nitrogens with one attached hydrogen (secondary N) is 1. The van der Waals surface area contributed by atoms with Gasteiger partial charge in [-0.3, -0.25) is 0 Å². The predicted molar refractivity (Wildman–Crippen MR) is 74.1 cm³/mol. The van der Waals surface area contributed by atoms with E-state index >= 15 is 0 Å². The first-order valence-electron chi connectivity index (χ1n) is 7.06. The van der Waals surface area contributed by atoms with Crippen molar-refractivity contribution in [2.45, 2.75) is 57.9 Å². The Hall–Kier alpha value is 0.310. The van der Waals surface area contributed by atoms with Crippen molar-refractivity contribution in [2.75, 3.05) is 18.1 Å². The summed E-state index contributed by atoms with van der Waals surface area (Å²) < 4.78 is 0. The molecule has 16 heavy (non-hydrogen) atoms. The van der Waals surface area contributed by atoms with Crippen molar-refractivity contribution in [3.8, 4) is 0 Å². The largest absolute Gasteiger partial charge is 0.311 e. The van der Waals surface area contributed by atoms with Gasteiger partial charge in [-0.25, -0.2) is 0 Å². The minimum Gasteiger partial charge on any atom is -0.311 e. The van der Waals surface area contributed by atoms with Gasteiger partial charge < -0.3 is 5.32 Å². The van der Waals surface area contributed by atoms with Crippen LogP contribution in [0, 0.1) is 11.8 Å². The van der Waals surface area contributed by atoms with Crippen LogP contribution in [0.1, 0.15) is 52.4 Å². The molecule has 2 saturated heterocycles. The number of thioether (sulfide) groups is 1. The molecule has 94 valence electrons. The molecule has 2 heterocycles. The molecule has 0 aromatic heterocycles. The molecule has 0 saturated carbocycles. The Morgan fingerprint density at radius 1 is 1.31 bits per heavy atom. The predicted octanol–water partition coefficient (Wildman–Crippen LogP) is 3.69. The molecule has 2 rings (SSSR count). The maximum atomic E-state index is 3.87. The third kappa shape index (κ3) is 2.95. The summed E-state index contributed by atoms with van der Waals surface area (Å²) in [6.07, 6.45) is 8.58. The van der Waals surface area contributed by atoms with E-state index in [1.807, 2.05) is 0 Å². The molecule has 0 bridgehead atoms. The van der Waals surface area contributed by atoms with Crippen molar-refractivity contribution in [1.82, 2.24) is 5.32 Å². The first-order valence-corrected chi connectivity index (χ1v) is 8.21. The topological polar surface area (TPSA) is 12.0 Å². The van der Waals surface area contributed by atoms with Gasteiger partial charge in [-0.1, -0.05) is 20.3 Å². The zero-order valence-electron chi connectivity index (χ0n) is 10.9. The highest BCUT2D eigenvalue weighted by molar-refractivity contribution is 7.99. The summed E-state index contributed by atoms with van der Waals surface area (Å²) in [4.78, 5) is 0. The zero-order valence-corrected chi connectivity index (χ0v) is 11.7. The third-order valence-corrected chi connectivity index (χ3v) is 5.82. The van der Waals surface area contributed by atoms with Gasteiger partial charge in [-0.2, -0.15) is 11.8 Å². The molecule has 2 heteroatoms. The van der Waals surface area contributed by atoms with E-state index in [2.05, 4.69) is 30.9 Å². The summed E-state index contributed by atoms with van der Waals surface area (Å²) >= 11 is 2.17. The minimum atomic E-state index is 0.473. The molecule has 2 fully saturated rings. The Balaban J connectivity index is 1.95. The van der Waals surface area contributed by atoms with Gasteiger partial charge in [-0.05, 0) is 62.0 Å². The second-order valence-corrected chi connectivity index (χ2v) is 7.13. The Morgan fingerprint density at radius 3 is 2.75 bits per heavy atom. The molecule has 0 amide bonds. The van der Waals surface area contributed by atoms with Crippen LogP contribution in [0.5, 0.6) is 0 Å². The fraction of sp³-hybridized carbons (Fsp3) is 1.00. The first-order chi connectivity index (χ1) is 7.73. The molecule has 0 aliphatic carbocycles. The van der Waals surface area contributed by atoms with Gasteiger partial charge in [-0.15, -0.1) is 0 Å². The second-order valence-electron chi connectivity index (χ2n) is 5.98. The number of hydrogen-bond acceptors (Lipinski definition) is 2. The third-order valence-electron chi connectivity index (χ3n) is 4.54. The highest BCUT2D eigenvalue weighted by atomic mass is 32.2. The van der Waals surface area contributed by atoms with Crippen molar-refractivity contribution in [3.05, 3.63) is 0 Å². The highest BCUT2D eigenvalue weighted by Gasteiger charge is 2.37. The summed E-state index contributed by atoms with van der Waals surface area (Å²) in [6.45, 7) is 6.07. The summed E-state index contributed by atoms with van der Waals surface area (Å²) in [5.74, 6) is 4.58. The molecule has 2 aliphatic heterocycles. The summed E-state index contributed by atoms with van der Waals surface area (Å²) in [5.41, 5.74) is 0.473. The fourth-order valence-electron chi connectivity index (χ4n) is 3.38. The van der Waals surface area contributed by atoms with Crippen molar-refractivity contribution < 1.29 is 0 Å². The van der Waals surface area contributed by atoms with Crippen LogP contribution in [0.3, 0.4) is 0 Å². The molecule has 2 unspecified atom stereocenters. The van der Waals surface area contributed by atoms with Gasteiger partial charge in [0.05, 0.1) is 0 Å². The van der Waals surface area contributed by atoms with Crippen molar-refractivity contribution >= 4 is 11.8 Å². The molecule has 2 aliphatic rings. The highest BCUT2D eigenvalue weighted by Crippen LogP contribution is 2.37. The maximum Gasteiger partial charge on any atom is 0.0207 e. The van der Waals surface area contributed by atoms with Crippen LogP contribution in [-0.2, 0) is 0 Å². The van der Waals surface area contributed by atoms with Gasteiger partial charge in [0.15, 0.2) is 0 Å². The summed E-state index contributed by atoms with van der Waals surface area (Å²) in [6, 6.07) is 0. The first kappa shape index (κ1) is 12.8. The van der Waals surface area contributed by atoms with E-state index in [0.29, 0.717) is 5.54 Å². The fourth-order valence-corrected chi connectivity index (χ4v) is 4.53. The second kappa shape index (κ2) is 5.77. The molecule has 0 aromatic carbocycles. The van der Waals surface area contributed by atoms with Gasteiger partial charge in [0, 0.05) is 5.54 Å². The Bertz CT molecular complexity index is 203. The Kier molecular flexibility index (Phi) is 4.60. The SMILES string of the molecule is CC(C)C1(CC2CCCSC2)CCCCN1. The van der Waals surface area contributed by atoms with Crippen molar-refractivity contribution in [1.29, 1.82) is 0 Å². The average molecular weight is 241 g/mol. The molecule has 0 spiro atoms. The standard InChI is InChI=1S/C14H27NS/c1-12(2)14(7-3-4-8-15-14)10-13-6-5-9-16-11-13/h12-13,15H,3-11H2,1-2H3. The van der Waals surface area contributed by atoms with Gasteiger partial charge in [0.1, 0.15) is 0 Å². The van der Waals surface area contributed by atoms with Crippen LogP contribution in [0.2, 0.25) is 0 Å². The summed E-state index contributed by atoms with van der Waals surface area (Å²) in [7, 11) is 0. The van der Waals surface area contributed by atoms with E-state index in [1.54, 1.807) is 0 Å². The van der Waals surface area contributed by atoms with Crippen molar-refractivity contribution in [3.63, 3.8) is 0 Å². The molecule has 1 nitrogen and oxygen atoms in total. The quantitative estimate of drug-likeness (QED) is 0.809. The Labute approximate surface area is 105 Å². The van der Waals surface area contributed by atoms with Crippen LogP contribution in [0.25, 0.3) is 0 Å². The maximum absolute atomic E-state index is 3.87. The van der Waals surface area contributed by atoms with Crippen LogP contribution < -0.4 is 5.32 Å². The lowest BCUT2D eigenvalue weighted by molar-refractivity contribution is 0.145. The van der Waals surface area contributed by atoms with E-state index in [1.165, 1.54) is 56.6 Å². The molecule has 0 radical (unpaired) electrons. The van der Waals surface area contributed by atoms with E-state index < -0.39 is 0 Å². The van der Waals surface area contributed by atoms with Crippen LogP contribution in [0.4, 0.5) is 0 Å². The number of piperidine rings is 1.